The third-order valence-corrected chi connectivity index (χ3v) is 1.15. The van der Waals surface area contributed by atoms with E-state index in [1.54, 1.807) is 7.11 Å². The Balaban J connectivity index is 1.86. The number of hydrogen-bond acceptors (Lipinski definition) is 3. The van der Waals surface area contributed by atoms with Gasteiger partial charge in [0.1, 0.15) is 0 Å². The van der Waals surface area contributed by atoms with Crippen LogP contribution in [0.5, 0.6) is 0 Å². The fourth-order valence-corrected chi connectivity index (χ4v) is 0.555. The molecule has 0 unspecified atom stereocenters. The lowest BCUT2D eigenvalue weighted by Crippen LogP contribution is -2.46. The van der Waals surface area contributed by atoms with Crippen LogP contribution in [0.1, 0.15) is 0 Å². The van der Waals surface area contributed by atoms with Crippen LogP contribution in [0, 0.1) is 0 Å². The van der Waals surface area contributed by atoms with Crippen molar-refractivity contribution >= 4 is 0 Å². The van der Waals surface area contributed by atoms with E-state index in [2.05, 4.69) is 5.32 Å². The number of rotatable bonds is 3. The largest absolute Gasteiger partial charge is 0.378 e. The second kappa shape index (κ2) is 3.02. The monoisotopic (exact) mass is 117 g/mol. The van der Waals surface area contributed by atoms with Gasteiger partial charge in [-0.3, -0.25) is 5.32 Å². The van der Waals surface area contributed by atoms with Gasteiger partial charge in [0, 0.05) is 7.11 Å². The van der Waals surface area contributed by atoms with Crippen molar-refractivity contribution in [3.8, 4) is 0 Å². The van der Waals surface area contributed by atoms with Gasteiger partial charge in [0.2, 0.25) is 0 Å². The zero-order chi connectivity index (χ0) is 5.82. The lowest BCUT2D eigenvalue weighted by Gasteiger charge is -2.26. The lowest BCUT2D eigenvalue weighted by atomic mass is 10.3. The molecular formula is C5H11NO2. The van der Waals surface area contributed by atoms with Gasteiger partial charge >= 0.3 is 0 Å². The summed E-state index contributed by atoms with van der Waals surface area (Å²) in [5.41, 5.74) is 0. The molecule has 3 heteroatoms. The summed E-state index contributed by atoms with van der Waals surface area (Å²) in [6.07, 6.45) is 0. The molecule has 0 saturated carbocycles. The van der Waals surface area contributed by atoms with E-state index in [0.717, 1.165) is 13.2 Å². The molecule has 0 aromatic rings. The van der Waals surface area contributed by atoms with Crippen LogP contribution in [0.15, 0.2) is 0 Å². The summed E-state index contributed by atoms with van der Waals surface area (Å²) in [6, 6.07) is 0.537. The molecule has 1 fully saturated rings. The van der Waals surface area contributed by atoms with Gasteiger partial charge in [-0.15, -0.1) is 0 Å². The van der Waals surface area contributed by atoms with Crippen LogP contribution >= 0.6 is 0 Å². The van der Waals surface area contributed by atoms with E-state index in [1.165, 1.54) is 0 Å². The number of ether oxygens (including phenoxy) is 2. The topological polar surface area (TPSA) is 30.5 Å². The van der Waals surface area contributed by atoms with Gasteiger partial charge < -0.3 is 9.47 Å². The predicted octanol–water partition coefficient (Wildman–Crippen LogP) is -0.421. The molecule has 0 bridgehead atoms. The fourth-order valence-electron chi connectivity index (χ4n) is 0.555. The summed E-state index contributed by atoms with van der Waals surface area (Å²) in [6.45, 7) is 2.31. The van der Waals surface area contributed by atoms with Crippen LogP contribution in [0.3, 0.4) is 0 Å². The molecule has 0 aliphatic carbocycles. The van der Waals surface area contributed by atoms with Crippen molar-refractivity contribution in [1.29, 1.82) is 0 Å². The van der Waals surface area contributed by atoms with Crippen LogP contribution in [-0.4, -0.2) is 33.1 Å². The molecule has 1 saturated heterocycles. The zero-order valence-corrected chi connectivity index (χ0v) is 5.02. The summed E-state index contributed by atoms with van der Waals surface area (Å²) in [5, 5.41) is 3.12. The minimum atomic E-state index is 0.537. The Morgan fingerprint density at radius 1 is 1.75 bits per heavy atom. The summed E-state index contributed by atoms with van der Waals surface area (Å²) in [4.78, 5) is 0. The van der Waals surface area contributed by atoms with Crippen molar-refractivity contribution in [1.82, 2.24) is 5.32 Å². The lowest BCUT2D eigenvalue weighted by molar-refractivity contribution is -0.0185. The molecule has 1 aliphatic rings. The quantitative estimate of drug-likeness (QED) is 0.509. The highest BCUT2D eigenvalue weighted by molar-refractivity contribution is 4.70. The predicted molar refractivity (Wildman–Crippen MR) is 29.6 cm³/mol. The summed E-state index contributed by atoms with van der Waals surface area (Å²) < 4.78 is 9.70. The molecule has 0 aromatic carbocycles. The second-order valence-electron chi connectivity index (χ2n) is 1.87. The van der Waals surface area contributed by atoms with E-state index in [4.69, 9.17) is 9.47 Å². The van der Waals surface area contributed by atoms with Crippen molar-refractivity contribution in [3.05, 3.63) is 0 Å². The molecule has 0 aromatic heterocycles. The van der Waals surface area contributed by atoms with Gasteiger partial charge in [-0.05, 0) is 0 Å². The highest BCUT2D eigenvalue weighted by Crippen LogP contribution is 1.97. The maximum absolute atomic E-state index is 4.91. The molecule has 0 radical (unpaired) electrons. The maximum atomic E-state index is 4.91. The van der Waals surface area contributed by atoms with Gasteiger partial charge in [0.05, 0.1) is 26.0 Å². The first kappa shape index (κ1) is 6.01. The Hall–Kier alpha value is -0.120. The first-order chi connectivity index (χ1) is 3.93. The third-order valence-electron chi connectivity index (χ3n) is 1.15. The number of hydrogen-bond donors (Lipinski definition) is 1. The molecule has 3 nitrogen and oxygen atoms in total. The van der Waals surface area contributed by atoms with Gasteiger partial charge in [-0.2, -0.15) is 0 Å². The summed E-state index contributed by atoms with van der Waals surface area (Å²) >= 11 is 0. The Kier molecular flexibility index (Phi) is 2.27. The van der Waals surface area contributed by atoms with Gasteiger partial charge in [-0.1, -0.05) is 0 Å². The van der Waals surface area contributed by atoms with Crippen molar-refractivity contribution < 1.29 is 9.47 Å². The highest BCUT2D eigenvalue weighted by atomic mass is 16.5. The number of nitrogens with one attached hydrogen (secondary N) is 1. The molecule has 48 valence electrons. The standard InChI is InChI=1S/C5H11NO2/c1-7-4-6-5-2-8-3-5/h5-6H,2-4H2,1H3. The average Bonchev–Trinajstić information content (AvgIpc) is 1.63. The fraction of sp³-hybridized carbons (Fsp3) is 1.00. The molecule has 0 amide bonds. The Morgan fingerprint density at radius 3 is 2.88 bits per heavy atom. The minimum Gasteiger partial charge on any atom is -0.378 e. The average molecular weight is 117 g/mol. The van der Waals surface area contributed by atoms with Crippen LogP contribution in [-0.2, 0) is 9.47 Å². The maximum Gasteiger partial charge on any atom is 0.0965 e. The van der Waals surface area contributed by atoms with Crippen molar-refractivity contribution in [3.63, 3.8) is 0 Å². The van der Waals surface area contributed by atoms with Crippen molar-refractivity contribution in [2.45, 2.75) is 6.04 Å². The molecule has 1 aliphatic heterocycles. The van der Waals surface area contributed by atoms with Gasteiger partial charge in [-0.25, -0.2) is 0 Å². The highest BCUT2D eigenvalue weighted by Gasteiger charge is 2.16. The van der Waals surface area contributed by atoms with Crippen LogP contribution < -0.4 is 5.32 Å². The van der Waals surface area contributed by atoms with E-state index in [9.17, 15) is 0 Å². The van der Waals surface area contributed by atoms with Crippen LogP contribution in [0.25, 0.3) is 0 Å². The van der Waals surface area contributed by atoms with Crippen LogP contribution in [0.2, 0.25) is 0 Å². The van der Waals surface area contributed by atoms with Crippen molar-refractivity contribution in [2.75, 3.05) is 27.1 Å². The Morgan fingerprint density at radius 2 is 2.50 bits per heavy atom. The van der Waals surface area contributed by atoms with E-state index >= 15 is 0 Å². The first-order valence-corrected chi connectivity index (χ1v) is 2.73. The summed E-state index contributed by atoms with van der Waals surface area (Å²) in [5.74, 6) is 0. The van der Waals surface area contributed by atoms with E-state index in [-0.39, 0.29) is 0 Å². The minimum absolute atomic E-state index is 0.537. The molecular weight excluding hydrogens is 106 g/mol. The van der Waals surface area contributed by atoms with Crippen molar-refractivity contribution in [2.24, 2.45) is 0 Å². The van der Waals surface area contributed by atoms with Crippen LogP contribution in [0.4, 0.5) is 0 Å². The molecule has 8 heavy (non-hydrogen) atoms. The molecule has 0 atom stereocenters. The van der Waals surface area contributed by atoms with Gasteiger partial charge in [0.25, 0.3) is 0 Å². The van der Waals surface area contributed by atoms with E-state index in [1.807, 2.05) is 0 Å². The van der Waals surface area contributed by atoms with E-state index < -0.39 is 0 Å². The Bertz CT molecular complexity index is 63.4. The van der Waals surface area contributed by atoms with Gasteiger partial charge in [0.15, 0.2) is 0 Å². The molecule has 0 spiro atoms. The summed E-state index contributed by atoms with van der Waals surface area (Å²) in [7, 11) is 1.67. The SMILES string of the molecule is COCNC1COC1. The first-order valence-electron chi connectivity index (χ1n) is 2.73. The zero-order valence-electron chi connectivity index (χ0n) is 5.02. The second-order valence-corrected chi connectivity index (χ2v) is 1.87. The number of methoxy groups -OCH3 is 1. The smallest absolute Gasteiger partial charge is 0.0965 e. The molecule has 1 heterocycles. The molecule has 1 rings (SSSR count). The Labute approximate surface area is 49.0 Å². The van der Waals surface area contributed by atoms with E-state index in [0.29, 0.717) is 12.8 Å². The third kappa shape index (κ3) is 1.43. The molecule has 1 N–H and O–H groups in total. The normalized spacial score (nSPS) is 20.6.